The van der Waals surface area contributed by atoms with Gasteiger partial charge in [0.2, 0.25) is 0 Å². The number of aromatic nitrogens is 1. The minimum Gasteiger partial charge on any atom is -0.489 e. The normalized spacial score (nSPS) is 10.9. The molecule has 7 heteroatoms. The first kappa shape index (κ1) is 23.2. The molecule has 0 spiro atoms. The van der Waals surface area contributed by atoms with Crippen LogP contribution in [0.1, 0.15) is 27.9 Å². The fourth-order valence-electron chi connectivity index (χ4n) is 2.65. The van der Waals surface area contributed by atoms with Gasteiger partial charge in [-0.05, 0) is 29.7 Å². The predicted molar refractivity (Wildman–Crippen MR) is 131 cm³/mol. The van der Waals surface area contributed by atoms with Crippen LogP contribution in [-0.4, -0.2) is 18.0 Å². The number of aryl methyl sites for hydroxylation is 1. The summed E-state index contributed by atoms with van der Waals surface area (Å²) in [7, 11) is 1.77. The first-order valence-electron chi connectivity index (χ1n) is 9.40. The molecule has 3 aromatic rings. The summed E-state index contributed by atoms with van der Waals surface area (Å²) in [6.45, 7) is 4.04. The van der Waals surface area contributed by atoms with Gasteiger partial charge in [0.1, 0.15) is 17.4 Å². The van der Waals surface area contributed by atoms with Crippen molar-refractivity contribution in [2.45, 2.75) is 33.0 Å². The molecule has 0 radical (unpaired) electrons. The van der Waals surface area contributed by atoms with E-state index in [0.717, 1.165) is 34.3 Å². The number of thiazole rings is 1. The van der Waals surface area contributed by atoms with E-state index >= 15 is 0 Å². The molecule has 1 aromatic heterocycles. The summed E-state index contributed by atoms with van der Waals surface area (Å²) in [5.41, 5.74) is 2.29. The van der Waals surface area contributed by atoms with Gasteiger partial charge in [-0.3, -0.25) is 4.99 Å². The van der Waals surface area contributed by atoms with E-state index < -0.39 is 0 Å². The standard InChI is InChI=1S/C22H26N4OS.HI/c1-3-20-14-24-21(28-20)15-26-22(23-2)25-13-18-10-7-11-19(12-18)27-16-17-8-5-4-6-9-17;/h4-12,14H,3,13,15-16H2,1-2H3,(H2,23,25,26);1H. The summed E-state index contributed by atoms with van der Waals surface area (Å²) in [6, 6.07) is 18.3. The molecule has 0 aliphatic heterocycles. The van der Waals surface area contributed by atoms with Crippen LogP contribution in [0.3, 0.4) is 0 Å². The van der Waals surface area contributed by atoms with Gasteiger partial charge in [-0.1, -0.05) is 49.4 Å². The molecule has 2 N–H and O–H groups in total. The van der Waals surface area contributed by atoms with Gasteiger partial charge in [0.15, 0.2) is 5.96 Å². The lowest BCUT2D eigenvalue weighted by Crippen LogP contribution is -2.36. The maximum atomic E-state index is 5.90. The van der Waals surface area contributed by atoms with Gasteiger partial charge in [-0.25, -0.2) is 4.98 Å². The molecule has 0 aliphatic carbocycles. The molecule has 1 heterocycles. The zero-order valence-electron chi connectivity index (χ0n) is 16.7. The predicted octanol–water partition coefficient (Wildman–Crippen LogP) is 4.77. The number of benzene rings is 2. The lowest BCUT2D eigenvalue weighted by molar-refractivity contribution is 0.306. The Hall–Kier alpha value is -2.13. The van der Waals surface area contributed by atoms with E-state index in [-0.39, 0.29) is 24.0 Å². The second-order valence-corrected chi connectivity index (χ2v) is 7.47. The zero-order chi connectivity index (χ0) is 19.6. The Bertz CT molecular complexity index is 899. The van der Waals surface area contributed by atoms with Crippen LogP contribution < -0.4 is 15.4 Å². The number of aliphatic imine (C=N–C) groups is 1. The highest BCUT2D eigenvalue weighted by Gasteiger charge is 2.04. The van der Waals surface area contributed by atoms with Crippen molar-refractivity contribution in [2.24, 2.45) is 4.99 Å². The SMILES string of the molecule is CCc1cnc(CNC(=NC)NCc2cccc(OCc3ccccc3)c2)s1.I. The lowest BCUT2D eigenvalue weighted by atomic mass is 10.2. The molecule has 0 fully saturated rings. The molecular weight excluding hydrogens is 495 g/mol. The maximum Gasteiger partial charge on any atom is 0.191 e. The Morgan fingerprint density at radius 3 is 2.52 bits per heavy atom. The van der Waals surface area contributed by atoms with E-state index in [4.69, 9.17) is 4.74 Å². The monoisotopic (exact) mass is 522 g/mol. The Labute approximate surface area is 193 Å². The molecule has 0 saturated heterocycles. The van der Waals surface area contributed by atoms with E-state index in [2.05, 4.69) is 51.8 Å². The van der Waals surface area contributed by atoms with Gasteiger partial charge in [-0.2, -0.15) is 0 Å². The second-order valence-electron chi connectivity index (χ2n) is 6.27. The van der Waals surface area contributed by atoms with Crippen molar-refractivity contribution < 1.29 is 4.74 Å². The lowest BCUT2D eigenvalue weighted by Gasteiger charge is -2.12. The largest absolute Gasteiger partial charge is 0.489 e. The number of rotatable bonds is 8. The van der Waals surface area contributed by atoms with Crippen molar-refractivity contribution in [3.05, 3.63) is 81.8 Å². The average Bonchev–Trinajstić information content (AvgIpc) is 3.21. The number of halogens is 1. The molecule has 0 bridgehead atoms. The minimum absolute atomic E-state index is 0. The number of nitrogens with one attached hydrogen (secondary N) is 2. The van der Waals surface area contributed by atoms with Gasteiger partial charge in [0, 0.05) is 24.7 Å². The first-order valence-corrected chi connectivity index (χ1v) is 10.2. The highest BCUT2D eigenvalue weighted by atomic mass is 127. The Morgan fingerprint density at radius 1 is 1.03 bits per heavy atom. The molecule has 154 valence electrons. The minimum atomic E-state index is 0. The Morgan fingerprint density at radius 2 is 1.79 bits per heavy atom. The van der Waals surface area contributed by atoms with Gasteiger partial charge < -0.3 is 15.4 Å². The molecule has 0 unspecified atom stereocenters. The van der Waals surface area contributed by atoms with Crippen molar-refractivity contribution in [3.63, 3.8) is 0 Å². The summed E-state index contributed by atoms with van der Waals surface area (Å²) < 4.78 is 5.90. The summed E-state index contributed by atoms with van der Waals surface area (Å²) >= 11 is 1.73. The molecule has 29 heavy (non-hydrogen) atoms. The van der Waals surface area contributed by atoms with E-state index in [1.807, 2.05) is 36.5 Å². The summed E-state index contributed by atoms with van der Waals surface area (Å²) in [5, 5.41) is 7.71. The molecular formula is C22H27IN4OS. The Kier molecular flexibility index (Phi) is 9.93. The van der Waals surface area contributed by atoms with E-state index in [0.29, 0.717) is 19.7 Å². The highest BCUT2D eigenvalue weighted by molar-refractivity contribution is 14.0. The van der Waals surface area contributed by atoms with Crippen LogP contribution >= 0.6 is 35.3 Å². The van der Waals surface area contributed by atoms with Crippen molar-refractivity contribution >= 4 is 41.3 Å². The van der Waals surface area contributed by atoms with Crippen molar-refractivity contribution in [1.29, 1.82) is 0 Å². The van der Waals surface area contributed by atoms with Crippen molar-refractivity contribution in [2.75, 3.05) is 7.05 Å². The Balaban J connectivity index is 0.00000300. The van der Waals surface area contributed by atoms with Crippen LogP contribution in [0.2, 0.25) is 0 Å². The number of ether oxygens (including phenoxy) is 1. The fourth-order valence-corrected chi connectivity index (χ4v) is 3.45. The summed E-state index contributed by atoms with van der Waals surface area (Å²) in [6.07, 6.45) is 2.96. The molecule has 0 saturated carbocycles. The summed E-state index contributed by atoms with van der Waals surface area (Å²) in [4.78, 5) is 10.0. The molecule has 3 rings (SSSR count). The maximum absolute atomic E-state index is 5.90. The average molecular weight is 522 g/mol. The van der Waals surface area contributed by atoms with Crippen molar-refractivity contribution in [3.8, 4) is 5.75 Å². The number of guanidine groups is 1. The number of hydrogen-bond acceptors (Lipinski definition) is 4. The molecule has 2 aromatic carbocycles. The topological polar surface area (TPSA) is 58.5 Å². The zero-order valence-corrected chi connectivity index (χ0v) is 19.9. The molecule has 0 amide bonds. The number of hydrogen-bond donors (Lipinski definition) is 2. The quantitative estimate of drug-likeness (QED) is 0.254. The number of nitrogens with zero attached hydrogens (tertiary/aromatic N) is 2. The van der Waals surface area contributed by atoms with Crippen LogP contribution in [0.25, 0.3) is 0 Å². The van der Waals surface area contributed by atoms with Gasteiger partial charge in [0.25, 0.3) is 0 Å². The first-order chi connectivity index (χ1) is 13.8. The third kappa shape index (κ3) is 7.66. The van der Waals surface area contributed by atoms with Crippen LogP contribution in [0.4, 0.5) is 0 Å². The smallest absolute Gasteiger partial charge is 0.191 e. The van der Waals surface area contributed by atoms with E-state index in [1.165, 1.54) is 4.88 Å². The molecule has 0 atom stereocenters. The third-order valence-electron chi connectivity index (χ3n) is 4.19. The summed E-state index contributed by atoms with van der Waals surface area (Å²) in [5.74, 6) is 1.62. The van der Waals surface area contributed by atoms with Gasteiger partial charge >= 0.3 is 0 Å². The second kappa shape index (κ2) is 12.4. The van der Waals surface area contributed by atoms with Crippen molar-refractivity contribution in [1.82, 2.24) is 15.6 Å². The van der Waals surface area contributed by atoms with E-state index in [9.17, 15) is 0 Å². The van der Waals surface area contributed by atoms with Gasteiger partial charge in [0.05, 0.1) is 6.54 Å². The third-order valence-corrected chi connectivity index (χ3v) is 5.33. The van der Waals surface area contributed by atoms with Crippen LogP contribution in [-0.2, 0) is 26.1 Å². The van der Waals surface area contributed by atoms with Crippen LogP contribution in [0, 0.1) is 0 Å². The fraction of sp³-hybridized carbons (Fsp3) is 0.273. The molecule has 5 nitrogen and oxygen atoms in total. The van der Waals surface area contributed by atoms with Crippen LogP contribution in [0.15, 0.2) is 65.8 Å². The van der Waals surface area contributed by atoms with Gasteiger partial charge in [-0.15, -0.1) is 35.3 Å². The highest BCUT2D eigenvalue weighted by Crippen LogP contribution is 2.15. The molecule has 0 aliphatic rings. The van der Waals surface area contributed by atoms with E-state index in [1.54, 1.807) is 18.4 Å². The van der Waals surface area contributed by atoms with Crippen LogP contribution in [0.5, 0.6) is 5.75 Å².